The molecule has 0 aliphatic carbocycles. The number of thioether (sulfide) groups is 1. The zero-order valence-corrected chi connectivity index (χ0v) is 12.9. The van der Waals surface area contributed by atoms with Crippen molar-refractivity contribution in [3.05, 3.63) is 0 Å². The molecule has 0 aromatic rings. The number of hydrogen-bond donors (Lipinski definition) is 2. The number of ether oxygens (including phenoxy) is 1. The molecule has 3 heterocycles. The van der Waals surface area contributed by atoms with Crippen molar-refractivity contribution in [1.29, 1.82) is 0 Å². The number of nitrogens with zero attached hydrogens (tertiary/aromatic N) is 1. The van der Waals surface area contributed by atoms with Crippen molar-refractivity contribution in [1.82, 2.24) is 10.2 Å². The SMILES string of the molecule is O=C1CN(C2CCOC3(CCSCC3)C2)C(C(=O)O)CN1. The van der Waals surface area contributed by atoms with E-state index in [2.05, 4.69) is 5.32 Å². The largest absolute Gasteiger partial charge is 0.480 e. The van der Waals surface area contributed by atoms with E-state index < -0.39 is 12.0 Å². The monoisotopic (exact) mass is 314 g/mol. The lowest BCUT2D eigenvalue weighted by molar-refractivity contribution is -0.154. The van der Waals surface area contributed by atoms with Crippen molar-refractivity contribution >= 4 is 23.6 Å². The van der Waals surface area contributed by atoms with Gasteiger partial charge in [0.05, 0.1) is 12.1 Å². The summed E-state index contributed by atoms with van der Waals surface area (Å²) in [6, 6.07) is -0.477. The standard InChI is InChI=1S/C14H22N2O4S/c17-12-9-16(11(8-15-12)13(18)19)10-1-4-20-14(7-10)2-5-21-6-3-14/h10-11H,1-9H2,(H,15,17)(H,18,19). The van der Waals surface area contributed by atoms with E-state index in [-0.39, 0.29) is 30.6 Å². The fourth-order valence-electron chi connectivity index (χ4n) is 3.65. The predicted molar refractivity (Wildman–Crippen MR) is 79.4 cm³/mol. The fourth-order valence-corrected chi connectivity index (χ4v) is 4.89. The Labute approximate surface area is 128 Å². The predicted octanol–water partition coefficient (Wildman–Crippen LogP) is 0.316. The average molecular weight is 314 g/mol. The molecular weight excluding hydrogens is 292 g/mol. The minimum atomic E-state index is -0.852. The molecule has 0 radical (unpaired) electrons. The van der Waals surface area contributed by atoms with Gasteiger partial charge in [-0.25, -0.2) is 0 Å². The maximum atomic E-state index is 11.7. The van der Waals surface area contributed by atoms with Crippen LogP contribution in [0, 0.1) is 0 Å². The highest BCUT2D eigenvalue weighted by Crippen LogP contribution is 2.39. The Balaban J connectivity index is 1.74. The number of rotatable bonds is 2. The van der Waals surface area contributed by atoms with Crippen LogP contribution in [0.3, 0.4) is 0 Å². The fraction of sp³-hybridized carbons (Fsp3) is 0.857. The number of nitrogens with one attached hydrogen (secondary N) is 1. The quantitative estimate of drug-likeness (QED) is 0.764. The second-order valence-electron chi connectivity index (χ2n) is 6.12. The van der Waals surface area contributed by atoms with Crippen LogP contribution >= 0.6 is 11.8 Å². The van der Waals surface area contributed by atoms with E-state index in [1.165, 1.54) is 0 Å². The van der Waals surface area contributed by atoms with Crippen molar-refractivity contribution in [3.8, 4) is 0 Å². The summed E-state index contributed by atoms with van der Waals surface area (Å²) >= 11 is 1.95. The molecule has 2 N–H and O–H groups in total. The van der Waals surface area contributed by atoms with Gasteiger partial charge in [-0.3, -0.25) is 14.5 Å². The molecule has 7 heteroatoms. The lowest BCUT2D eigenvalue weighted by atomic mass is 9.84. The number of carbonyl (C=O) groups is 2. The molecule has 1 spiro atoms. The molecule has 118 valence electrons. The van der Waals surface area contributed by atoms with Gasteiger partial charge in [0.25, 0.3) is 0 Å². The van der Waals surface area contributed by atoms with Crippen molar-refractivity contribution in [2.24, 2.45) is 0 Å². The molecule has 3 fully saturated rings. The van der Waals surface area contributed by atoms with Crippen LogP contribution in [0.1, 0.15) is 25.7 Å². The van der Waals surface area contributed by atoms with E-state index in [1.54, 1.807) is 0 Å². The smallest absolute Gasteiger partial charge is 0.322 e. The summed E-state index contributed by atoms with van der Waals surface area (Å²) in [6.45, 7) is 1.06. The summed E-state index contributed by atoms with van der Waals surface area (Å²) in [5.41, 5.74) is -0.0921. The number of carboxylic acids is 1. The molecule has 2 atom stereocenters. The van der Waals surface area contributed by atoms with E-state index in [0.717, 1.165) is 37.2 Å². The summed E-state index contributed by atoms with van der Waals surface area (Å²) in [7, 11) is 0. The van der Waals surface area contributed by atoms with Crippen molar-refractivity contribution in [2.45, 2.75) is 43.4 Å². The van der Waals surface area contributed by atoms with Gasteiger partial charge in [0, 0.05) is 19.2 Å². The Kier molecular flexibility index (Phi) is 4.42. The molecule has 3 rings (SSSR count). The molecule has 0 aromatic heterocycles. The third-order valence-corrected chi connectivity index (χ3v) is 5.83. The molecule has 6 nitrogen and oxygen atoms in total. The third-order valence-electron chi connectivity index (χ3n) is 4.84. The van der Waals surface area contributed by atoms with Crippen LogP contribution in [-0.2, 0) is 14.3 Å². The van der Waals surface area contributed by atoms with Gasteiger partial charge >= 0.3 is 5.97 Å². The number of amides is 1. The molecule has 21 heavy (non-hydrogen) atoms. The normalized spacial score (nSPS) is 33.6. The first kappa shape index (κ1) is 15.1. The van der Waals surface area contributed by atoms with E-state index in [4.69, 9.17) is 4.74 Å². The third kappa shape index (κ3) is 3.19. The van der Waals surface area contributed by atoms with E-state index >= 15 is 0 Å². The summed E-state index contributed by atoms with van der Waals surface area (Å²) in [5.74, 6) is 1.28. The molecule has 2 unspecified atom stereocenters. The molecule has 3 aliphatic rings. The van der Waals surface area contributed by atoms with Crippen LogP contribution in [0.5, 0.6) is 0 Å². The lowest BCUT2D eigenvalue weighted by Gasteiger charge is -2.48. The van der Waals surface area contributed by atoms with Gasteiger partial charge in [-0.05, 0) is 37.2 Å². The zero-order chi connectivity index (χ0) is 14.9. The van der Waals surface area contributed by atoms with Crippen LogP contribution in [0.15, 0.2) is 0 Å². The van der Waals surface area contributed by atoms with Crippen molar-refractivity contribution in [3.63, 3.8) is 0 Å². The Hall–Kier alpha value is -0.790. The topological polar surface area (TPSA) is 78.9 Å². The van der Waals surface area contributed by atoms with Gasteiger partial charge in [0.1, 0.15) is 6.04 Å². The Morgan fingerprint density at radius 2 is 2.19 bits per heavy atom. The van der Waals surface area contributed by atoms with Crippen molar-refractivity contribution < 1.29 is 19.4 Å². The van der Waals surface area contributed by atoms with Crippen LogP contribution in [0.25, 0.3) is 0 Å². The summed E-state index contributed by atoms with van der Waals surface area (Å²) in [4.78, 5) is 25.0. The minimum absolute atomic E-state index is 0.0766. The molecule has 0 aromatic carbocycles. The number of piperazine rings is 1. The first-order chi connectivity index (χ1) is 10.1. The molecule has 0 saturated carbocycles. The highest BCUT2D eigenvalue weighted by atomic mass is 32.2. The first-order valence-electron chi connectivity index (χ1n) is 7.57. The number of hydrogen-bond acceptors (Lipinski definition) is 5. The van der Waals surface area contributed by atoms with Crippen LogP contribution in [0.4, 0.5) is 0 Å². The highest BCUT2D eigenvalue weighted by Gasteiger charge is 2.44. The minimum Gasteiger partial charge on any atom is -0.480 e. The van der Waals surface area contributed by atoms with E-state index in [0.29, 0.717) is 6.61 Å². The zero-order valence-electron chi connectivity index (χ0n) is 12.0. The number of carbonyl (C=O) groups excluding carboxylic acids is 1. The van der Waals surface area contributed by atoms with E-state index in [9.17, 15) is 14.7 Å². The lowest BCUT2D eigenvalue weighted by Crippen LogP contribution is -2.63. The Bertz CT molecular complexity index is 420. The summed E-state index contributed by atoms with van der Waals surface area (Å²) in [5, 5.41) is 12.1. The van der Waals surface area contributed by atoms with Crippen LogP contribution < -0.4 is 5.32 Å². The van der Waals surface area contributed by atoms with Gasteiger partial charge < -0.3 is 15.2 Å². The van der Waals surface area contributed by atoms with Crippen LogP contribution in [0.2, 0.25) is 0 Å². The summed E-state index contributed by atoms with van der Waals surface area (Å²) < 4.78 is 6.06. The first-order valence-corrected chi connectivity index (χ1v) is 8.72. The molecule has 3 saturated heterocycles. The van der Waals surface area contributed by atoms with Crippen LogP contribution in [-0.4, -0.2) is 70.8 Å². The number of carboxylic acid groups (broad SMARTS) is 1. The Morgan fingerprint density at radius 3 is 2.90 bits per heavy atom. The van der Waals surface area contributed by atoms with Gasteiger partial charge in [0.15, 0.2) is 0 Å². The van der Waals surface area contributed by atoms with Crippen molar-refractivity contribution in [2.75, 3.05) is 31.2 Å². The average Bonchev–Trinajstić information content (AvgIpc) is 2.47. The second-order valence-corrected chi connectivity index (χ2v) is 7.35. The number of aliphatic carboxylic acids is 1. The highest BCUT2D eigenvalue weighted by molar-refractivity contribution is 7.99. The van der Waals surface area contributed by atoms with Gasteiger partial charge in [0.2, 0.25) is 5.91 Å². The maximum Gasteiger partial charge on any atom is 0.322 e. The second kappa shape index (κ2) is 6.14. The van der Waals surface area contributed by atoms with Gasteiger partial charge in [-0.2, -0.15) is 11.8 Å². The maximum absolute atomic E-state index is 11.7. The Morgan fingerprint density at radius 1 is 1.43 bits per heavy atom. The molecular formula is C14H22N2O4S. The van der Waals surface area contributed by atoms with E-state index in [1.807, 2.05) is 16.7 Å². The molecule has 3 aliphatic heterocycles. The summed E-state index contributed by atoms with van der Waals surface area (Å²) in [6.07, 6.45) is 3.73. The molecule has 1 amide bonds. The van der Waals surface area contributed by atoms with Gasteiger partial charge in [-0.15, -0.1) is 0 Å². The van der Waals surface area contributed by atoms with Gasteiger partial charge in [-0.1, -0.05) is 0 Å². The molecule has 0 bridgehead atoms.